The summed E-state index contributed by atoms with van der Waals surface area (Å²) in [7, 11) is 1.87. The smallest absolute Gasteiger partial charge is 0.131 e. The molecule has 3 rings (SSSR count). The van der Waals surface area contributed by atoms with E-state index in [1.807, 2.05) is 14.0 Å². The quantitative estimate of drug-likeness (QED) is 0.870. The van der Waals surface area contributed by atoms with Crippen LogP contribution in [0.15, 0.2) is 30.3 Å². The zero-order valence-corrected chi connectivity index (χ0v) is 15.1. The molecule has 0 amide bonds. The fourth-order valence-electron chi connectivity index (χ4n) is 3.12. The Labute approximate surface area is 148 Å². The van der Waals surface area contributed by atoms with Crippen molar-refractivity contribution < 1.29 is 4.74 Å². The van der Waals surface area contributed by atoms with Gasteiger partial charge in [-0.05, 0) is 12.5 Å². The monoisotopic (exact) mass is 348 g/mol. The predicted octanol–water partition coefficient (Wildman–Crippen LogP) is 2.37. The van der Waals surface area contributed by atoms with Gasteiger partial charge in [0.2, 0.25) is 0 Å². The van der Waals surface area contributed by atoms with Crippen molar-refractivity contribution in [3.8, 4) is 0 Å². The maximum Gasteiger partial charge on any atom is 0.131 e. The first kappa shape index (κ1) is 17.4. The molecule has 1 aromatic heterocycles. The molecule has 0 spiro atoms. The zero-order valence-electron chi connectivity index (χ0n) is 14.3. The van der Waals surface area contributed by atoms with E-state index in [1.54, 1.807) is 4.68 Å². The Bertz CT molecular complexity index is 659. The molecule has 5 nitrogen and oxygen atoms in total. The lowest BCUT2D eigenvalue weighted by atomic mass is 10.2. The normalized spacial score (nSPS) is 18.9. The van der Waals surface area contributed by atoms with Crippen molar-refractivity contribution in [2.75, 3.05) is 26.2 Å². The third-order valence-electron chi connectivity index (χ3n) is 4.42. The van der Waals surface area contributed by atoms with Crippen LogP contribution in [0.2, 0.25) is 5.15 Å². The number of aryl methyl sites for hydroxylation is 2. The number of hydrogen-bond donors (Lipinski definition) is 1. The Morgan fingerprint density at radius 3 is 2.83 bits per heavy atom. The second-order valence-corrected chi connectivity index (χ2v) is 6.68. The summed E-state index contributed by atoms with van der Waals surface area (Å²) in [4.78, 5) is 2.45. The highest BCUT2D eigenvalue weighted by Gasteiger charge is 2.20. The Kier molecular flexibility index (Phi) is 5.89. The van der Waals surface area contributed by atoms with Gasteiger partial charge in [0.05, 0.1) is 18.4 Å². The third-order valence-corrected chi connectivity index (χ3v) is 4.89. The van der Waals surface area contributed by atoms with E-state index in [-0.39, 0.29) is 6.10 Å². The highest BCUT2D eigenvalue weighted by molar-refractivity contribution is 6.30. The molecule has 1 saturated heterocycles. The number of nitrogens with one attached hydrogen (secondary N) is 1. The number of aromatic nitrogens is 2. The Balaban J connectivity index is 1.47. The third kappa shape index (κ3) is 4.36. The van der Waals surface area contributed by atoms with Crippen LogP contribution in [0, 0.1) is 6.92 Å². The van der Waals surface area contributed by atoms with Gasteiger partial charge in [0.15, 0.2) is 0 Å². The molecule has 0 bridgehead atoms. The maximum atomic E-state index is 6.27. The summed E-state index contributed by atoms with van der Waals surface area (Å²) in [5, 5.41) is 8.51. The van der Waals surface area contributed by atoms with Crippen LogP contribution in [0.5, 0.6) is 0 Å². The summed E-state index contributed by atoms with van der Waals surface area (Å²) in [6.07, 6.45) is 0.207. The van der Waals surface area contributed by atoms with E-state index >= 15 is 0 Å². The van der Waals surface area contributed by atoms with Gasteiger partial charge in [0.1, 0.15) is 5.15 Å². The summed E-state index contributed by atoms with van der Waals surface area (Å²) in [6, 6.07) is 10.6. The molecule has 0 aliphatic carbocycles. The molecule has 130 valence electrons. The molecule has 0 unspecified atom stereocenters. The van der Waals surface area contributed by atoms with Crippen LogP contribution in [0.25, 0.3) is 0 Å². The highest BCUT2D eigenvalue weighted by atomic mass is 35.5. The fourth-order valence-corrected chi connectivity index (χ4v) is 3.36. The second kappa shape index (κ2) is 8.12. The molecule has 1 aliphatic heterocycles. The van der Waals surface area contributed by atoms with Crippen LogP contribution in [-0.4, -0.2) is 47.0 Å². The molecule has 1 aromatic carbocycles. The molecule has 0 saturated carbocycles. The molecule has 1 aliphatic rings. The summed E-state index contributed by atoms with van der Waals surface area (Å²) >= 11 is 6.27. The first-order valence-electron chi connectivity index (χ1n) is 8.40. The number of halogens is 1. The van der Waals surface area contributed by atoms with Crippen molar-refractivity contribution in [3.05, 3.63) is 52.3 Å². The van der Waals surface area contributed by atoms with Crippen LogP contribution in [-0.2, 0) is 24.9 Å². The molecule has 2 aromatic rings. The van der Waals surface area contributed by atoms with Crippen molar-refractivity contribution in [1.82, 2.24) is 20.0 Å². The van der Waals surface area contributed by atoms with E-state index < -0.39 is 0 Å². The van der Waals surface area contributed by atoms with E-state index in [9.17, 15) is 0 Å². The molecule has 1 fully saturated rings. The molecular weight excluding hydrogens is 324 g/mol. The minimum absolute atomic E-state index is 0.207. The first-order chi connectivity index (χ1) is 11.6. The summed E-state index contributed by atoms with van der Waals surface area (Å²) < 4.78 is 7.61. The molecule has 1 atom stereocenters. The molecule has 24 heavy (non-hydrogen) atoms. The minimum Gasteiger partial charge on any atom is -0.374 e. The van der Waals surface area contributed by atoms with Crippen LogP contribution in [0.3, 0.4) is 0 Å². The van der Waals surface area contributed by atoms with E-state index in [0.29, 0.717) is 5.15 Å². The Morgan fingerprint density at radius 2 is 2.12 bits per heavy atom. The van der Waals surface area contributed by atoms with Gasteiger partial charge >= 0.3 is 0 Å². The van der Waals surface area contributed by atoms with Crippen molar-refractivity contribution in [1.29, 1.82) is 0 Å². The second-order valence-electron chi connectivity index (χ2n) is 6.32. The maximum absolute atomic E-state index is 6.27. The topological polar surface area (TPSA) is 42.3 Å². The van der Waals surface area contributed by atoms with Gasteiger partial charge in [-0.1, -0.05) is 41.9 Å². The predicted molar refractivity (Wildman–Crippen MR) is 96.1 cm³/mol. The van der Waals surface area contributed by atoms with E-state index in [4.69, 9.17) is 16.3 Å². The summed E-state index contributed by atoms with van der Waals surface area (Å²) in [5.74, 6) is 0. The molecule has 1 N–H and O–H groups in total. The lowest BCUT2D eigenvalue weighted by Crippen LogP contribution is -2.46. The minimum atomic E-state index is 0.207. The molecule has 2 heterocycles. The van der Waals surface area contributed by atoms with Crippen LogP contribution < -0.4 is 5.32 Å². The largest absolute Gasteiger partial charge is 0.374 e. The SMILES string of the molecule is Cc1nn(C)c(Cl)c1CNC[C@H]1CN(Cc2ccccc2)CCO1. The lowest BCUT2D eigenvalue weighted by Gasteiger charge is -2.33. The Hall–Kier alpha value is -1.40. The standard InChI is InChI=1S/C18H25ClN4O/c1-14-17(18(19)22(2)21-14)11-20-10-16-13-23(8-9-24-16)12-15-6-4-3-5-7-15/h3-7,16,20H,8-13H2,1-2H3/t16-/m0/s1. The number of rotatable bonds is 6. The average Bonchev–Trinajstić information content (AvgIpc) is 2.82. The number of hydrogen-bond acceptors (Lipinski definition) is 4. The van der Waals surface area contributed by atoms with E-state index in [0.717, 1.165) is 50.6 Å². The van der Waals surface area contributed by atoms with Gasteiger partial charge in [0.25, 0.3) is 0 Å². The fraction of sp³-hybridized carbons (Fsp3) is 0.500. The average molecular weight is 349 g/mol. The van der Waals surface area contributed by atoms with Crippen LogP contribution in [0.1, 0.15) is 16.8 Å². The number of morpholine rings is 1. The van der Waals surface area contributed by atoms with Crippen LogP contribution in [0.4, 0.5) is 0 Å². The van der Waals surface area contributed by atoms with Gasteiger partial charge in [-0.15, -0.1) is 0 Å². The molecular formula is C18H25ClN4O. The van der Waals surface area contributed by atoms with Crippen molar-refractivity contribution in [3.63, 3.8) is 0 Å². The lowest BCUT2D eigenvalue weighted by molar-refractivity contribution is -0.0300. The Morgan fingerprint density at radius 1 is 1.33 bits per heavy atom. The molecule has 0 radical (unpaired) electrons. The van der Waals surface area contributed by atoms with Gasteiger partial charge in [0, 0.05) is 45.3 Å². The van der Waals surface area contributed by atoms with Gasteiger partial charge < -0.3 is 10.1 Å². The van der Waals surface area contributed by atoms with Gasteiger partial charge in [-0.25, -0.2) is 0 Å². The van der Waals surface area contributed by atoms with Gasteiger partial charge in [-0.2, -0.15) is 5.10 Å². The number of benzene rings is 1. The van der Waals surface area contributed by atoms with Crippen LogP contribution >= 0.6 is 11.6 Å². The number of ether oxygens (including phenoxy) is 1. The zero-order chi connectivity index (χ0) is 16.9. The molecule has 6 heteroatoms. The highest BCUT2D eigenvalue weighted by Crippen LogP contribution is 2.18. The van der Waals surface area contributed by atoms with E-state index in [1.165, 1.54) is 5.56 Å². The van der Waals surface area contributed by atoms with Crippen molar-refractivity contribution in [2.24, 2.45) is 7.05 Å². The van der Waals surface area contributed by atoms with Gasteiger partial charge in [-0.3, -0.25) is 9.58 Å². The van der Waals surface area contributed by atoms with Crippen molar-refractivity contribution >= 4 is 11.6 Å². The van der Waals surface area contributed by atoms with E-state index in [2.05, 4.69) is 45.6 Å². The first-order valence-corrected chi connectivity index (χ1v) is 8.78. The number of nitrogens with zero attached hydrogens (tertiary/aromatic N) is 3. The van der Waals surface area contributed by atoms with Crippen molar-refractivity contribution in [2.45, 2.75) is 26.1 Å². The summed E-state index contributed by atoms with van der Waals surface area (Å²) in [6.45, 7) is 7.22. The summed E-state index contributed by atoms with van der Waals surface area (Å²) in [5.41, 5.74) is 3.39.